The Kier molecular flexibility index (Phi) is 6.46. The van der Waals surface area contributed by atoms with Crippen LogP contribution >= 0.6 is 0 Å². The molecule has 50 heavy (non-hydrogen) atoms. The van der Waals surface area contributed by atoms with E-state index in [-0.39, 0.29) is 0 Å². The van der Waals surface area contributed by atoms with Gasteiger partial charge in [0.15, 0.2) is 23.0 Å². The van der Waals surface area contributed by atoms with Crippen LogP contribution in [0.25, 0.3) is 33.0 Å². The van der Waals surface area contributed by atoms with Crippen molar-refractivity contribution in [1.29, 1.82) is 0 Å². The maximum absolute atomic E-state index is 6.80. The Hall–Kier alpha value is -6.78. The molecule has 236 valence electrons. The standard InChI is InChI=1S/C46H30N2O2/c1-3-11-31(12-4-1)32-19-24-37(25-20-32)47-39-17-9-10-18-43(39)49-44-29-34(22-26-40(44)47)35-23-27-41-45(30-35)50-46-38-16-8-7-13-33(38)21-28-42(46)48(41)36-14-5-2-6-15-36/h1-30H. The first-order valence-corrected chi connectivity index (χ1v) is 16.8. The minimum Gasteiger partial charge on any atom is -0.453 e. The lowest BCUT2D eigenvalue weighted by molar-refractivity contribution is 0.477. The second-order valence-electron chi connectivity index (χ2n) is 12.6. The Balaban J connectivity index is 1.06. The van der Waals surface area contributed by atoms with Crippen molar-refractivity contribution in [1.82, 2.24) is 0 Å². The van der Waals surface area contributed by atoms with E-state index in [1.807, 2.05) is 24.3 Å². The number of benzene rings is 8. The Morgan fingerprint density at radius 3 is 1.60 bits per heavy atom. The molecule has 2 aliphatic heterocycles. The predicted molar refractivity (Wildman–Crippen MR) is 204 cm³/mol. The Labute approximate surface area is 290 Å². The molecule has 0 aromatic heterocycles. The second-order valence-corrected chi connectivity index (χ2v) is 12.6. The monoisotopic (exact) mass is 642 g/mol. The molecular weight excluding hydrogens is 613 g/mol. The largest absolute Gasteiger partial charge is 0.453 e. The van der Waals surface area contributed by atoms with Gasteiger partial charge in [0.1, 0.15) is 0 Å². The number of nitrogens with zero attached hydrogens (tertiary/aromatic N) is 2. The first-order chi connectivity index (χ1) is 24.8. The normalized spacial score (nSPS) is 12.6. The smallest absolute Gasteiger partial charge is 0.159 e. The summed E-state index contributed by atoms with van der Waals surface area (Å²) in [7, 11) is 0. The highest BCUT2D eigenvalue weighted by atomic mass is 16.5. The zero-order valence-corrected chi connectivity index (χ0v) is 27.0. The molecule has 0 unspecified atom stereocenters. The van der Waals surface area contributed by atoms with Crippen LogP contribution in [0.3, 0.4) is 0 Å². The second kappa shape index (κ2) is 11.4. The molecule has 8 aromatic carbocycles. The minimum absolute atomic E-state index is 0.800. The van der Waals surface area contributed by atoms with E-state index < -0.39 is 0 Å². The van der Waals surface area contributed by atoms with Gasteiger partial charge in [0.05, 0.1) is 22.7 Å². The summed E-state index contributed by atoms with van der Waals surface area (Å²) in [5.41, 5.74) is 10.6. The molecule has 0 radical (unpaired) electrons. The number of anilines is 6. The van der Waals surface area contributed by atoms with E-state index in [0.29, 0.717) is 0 Å². The van der Waals surface area contributed by atoms with Gasteiger partial charge < -0.3 is 19.3 Å². The molecule has 0 aliphatic carbocycles. The summed E-state index contributed by atoms with van der Waals surface area (Å²) in [5, 5.41) is 2.23. The van der Waals surface area contributed by atoms with Crippen molar-refractivity contribution < 1.29 is 9.47 Å². The van der Waals surface area contributed by atoms with Crippen LogP contribution in [-0.4, -0.2) is 0 Å². The topological polar surface area (TPSA) is 24.9 Å². The predicted octanol–water partition coefficient (Wildman–Crippen LogP) is 13.3. The van der Waals surface area contributed by atoms with Crippen LogP contribution in [0.2, 0.25) is 0 Å². The number of ether oxygens (including phenoxy) is 2. The highest BCUT2D eigenvalue weighted by molar-refractivity contribution is 6.00. The van der Waals surface area contributed by atoms with E-state index in [2.05, 4.69) is 168 Å². The summed E-state index contributed by atoms with van der Waals surface area (Å²) in [5.74, 6) is 3.28. The average Bonchev–Trinajstić information content (AvgIpc) is 3.19. The van der Waals surface area contributed by atoms with E-state index in [1.165, 1.54) is 11.1 Å². The summed E-state index contributed by atoms with van der Waals surface area (Å²) < 4.78 is 13.4. The van der Waals surface area contributed by atoms with Crippen molar-refractivity contribution in [3.8, 4) is 45.3 Å². The molecule has 0 saturated heterocycles. The quantitative estimate of drug-likeness (QED) is 0.191. The maximum atomic E-state index is 6.80. The zero-order chi connectivity index (χ0) is 33.0. The Morgan fingerprint density at radius 1 is 0.320 bits per heavy atom. The van der Waals surface area contributed by atoms with Crippen LogP contribution in [0.15, 0.2) is 182 Å². The summed E-state index contributed by atoms with van der Waals surface area (Å²) in [6, 6.07) is 63.6. The van der Waals surface area contributed by atoms with Crippen molar-refractivity contribution in [3.05, 3.63) is 182 Å². The van der Waals surface area contributed by atoms with E-state index in [9.17, 15) is 0 Å². The summed E-state index contributed by atoms with van der Waals surface area (Å²) in [6.07, 6.45) is 0. The van der Waals surface area contributed by atoms with Crippen LogP contribution in [-0.2, 0) is 0 Å². The summed E-state index contributed by atoms with van der Waals surface area (Å²) in [4.78, 5) is 4.57. The third-order valence-corrected chi connectivity index (χ3v) is 9.62. The number of hydrogen-bond donors (Lipinski definition) is 0. The molecule has 4 nitrogen and oxygen atoms in total. The van der Waals surface area contributed by atoms with Gasteiger partial charge in [-0.05, 0) is 94.4 Å². The highest BCUT2D eigenvalue weighted by Gasteiger charge is 2.29. The van der Waals surface area contributed by atoms with Gasteiger partial charge in [0.25, 0.3) is 0 Å². The van der Waals surface area contributed by atoms with Crippen LogP contribution in [0, 0.1) is 0 Å². The summed E-state index contributed by atoms with van der Waals surface area (Å²) >= 11 is 0. The Morgan fingerprint density at radius 2 is 0.840 bits per heavy atom. The van der Waals surface area contributed by atoms with Crippen molar-refractivity contribution in [2.45, 2.75) is 0 Å². The van der Waals surface area contributed by atoms with Gasteiger partial charge in [-0.2, -0.15) is 0 Å². The Bertz CT molecular complexity index is 2550. The molecule has 10 rings (SSSR count). The molecule has 2 aliphatic rings. The fraction of sp³-hybridized carbons (Fsp3) is 0. The lowest BCUT2D eigenvalue weighted by atomic mass is 10.00. The van der Waals surface area contributed by atoms with Gasteiger partial charge >= 0.3 is 0 Å². The van der Waals surface area contributed by atoms with Gasteiger partial charge in [0, 0.05) is 16.8 Å². The van der Waals surface area contributed by atoms with Gasteiger partial charge in [-0.15, -0.1) is 0 Å². The third-order valence-electron chi connectivity index (χ3n) is 9.62. The van der Waals surface area contributed by atoms with Crippen molar-refractivity contribution in [2.24, 2.45) is 0 Å². The molecule has 4 heteroatoms. The van der Waals surface area contributed by atoms with Crippen molar-refractivity contribution in [2.75, 3.05) is 9.80 Å². The number of rotatable bonds is 4. The van der Waals surface area contributed by atoms with Crippen LogP contribution in [0.4, 0.5) is 34.1 Å². The minimum atomic E-state index is 0.800. The van der Waals surface area contributed by atoms with Crippen molar-refractivity contribution in [3.63, 3.8) is 0 Å². The molecule has 8 aromatic rings. The SMILES string of the molecule is c1ccc(-c2ccc(N3c4ccccc4Oc4cc(-c5ccc6c(c5)Oc5c(ccc7ccccc57)N6c5ccccc5)ccc43)cc2)cc1. The molecule has 0 amide bonds. The molecule has 0 fully saturated rings. The van der Waals surface area contributed by atoms with Crippen LogP contribution in [0.1, 0.15) is 0 Å². The van der Waals surface area contributed by atoms with E-state index >= 15 is 0 Å². The fourth-order valence-electron chi connectivity index (χ4n) is 7.22. The van der Waals surface area contributed by atoms with Crippen LogP contribution in [0.5, 0.6) is 23.0 Å². The molecule has 0 bridgehead atoms. The molecule has 0 saturated carbocycles. The third kappa shape index (κ3) is 4.61. The number of fused-ring (bicyclic) bond motifs is 6. The molecule has 0 N–H and O–H groups in total. The van der Waals surface area contributed by atoms with E-state index in [0.717, 1.165) is 79.0 Å². The molecule has 0 atom stereocenters. The lowest BCUT2D eigenvalue weighted by Gasteiger charge is -2.34. The summed E-state index contributed by atoms with van der Waals surface area (Å²) in [6.45, 7) is 0. The molecule has 2 heterocycles. The van der Waals surface area contributed by atoms with E-state index in [4.69, 9.17) is 9.47 Å². The molecule has 0 spiro atoms. The number of para-hydroxylation sites is 3. The van der Waals surface area contributed by atoms with Crippen LogP contribution < -0.4 is 19.3 Å². The van der Waals surface area contributed by atoms with E-state index in [1.54, 1.807) is 0 Å². The molecular formula is C46H30N2O2. The van der Waals surface area contributed by atoms with Gasteiger partial charge in [-0.25, -0.2) is 0 Å². The fourth-order valence-corrected chi connectivity index (χ4v) is 7.22. The average molecular weight is 643 g/mol. The lowest BCUT2D eigenvalue weighted by Crippen LogP contribution is -2.16. The van der Waals surface area contributed by atoms with Gasteiger partial charge in [0.2, 0.25) is 0 Å². The highest BCUT2D eigenvalue weighted by Crippen LogP contribution is 2.55. The zero-order valence-electron chi connectivity index (χ0n) is 27.0. The van der Waals surface area contributed by atoms with Gasteiger partial charge in [-0.1, -0.05) is 115 Å². The maximum Gasteiger partial charge on any atom is 0.159 e. The van der Waals surface area contributed by atoms with Crippen molar-refractivity contribution >= 4 is 44.9 Å². The van der Waals surface area contributed by atoms with Gasteiger partial charge in [-0.3, -0.25) is 0 Å². The first kappa shape index (κ1) is 28.3. The number of hydrogen-bond acceptors (Lipinski definition) is 4. The first-order valence-electron chi connectivity index (χ1n) is 16.8.